The topological polar surface area (TPSA) is 51.7 Å². The highest BCUT2D eigenvalue weighted by molar-refractivity contribution is 5.80. The molecule has 1 aliphatic heterocycles. The maximum absolute atomic E-state index is 12.9. The zero-order chi connectivity index (χ0) is 16.8. The first-order valence-corrected chi connectivity index (χ1v) is 8.74. The summed E-state index contributed by atoms with van der Waals surface area (Å²) < 4.78 is 11.1. The summed E-state index contributed by atoms with van der Waals surface area (Å²) in [7, 11) is 1.68. The van der Waals surface area contributed by atoms with Gasteiger partial charge in [0.25, 0.3) is 0 Å². The fourth-order valence-corrected chi connectivity index (χ4v) is 3.63. The number of carbonyl (C=O) groups excluding carboxylic acids is 1. The summed E-state index contributed by atoms with van der Waals surface area (Å²) in [5.74, 6) is 0.388. The minimum absolute atomic E-state index is 0.0756. The van der Waals surface area contributed by atoms with E-state index >= 15 is 0 Å². The summed E-state index contributed by atoms with van der Waals surface area (Å²) >= 11 is 0. The number of amides is 1. The Morgan fingerprint density at radius 2 is 2.00 bits per heavy atom. The van der Waals surface area contributed by atoms with Gasteiger partial charge < -0.3 is 14.4 Å². The second-order valence-corrected chi connectivity index (χ2v) is 6.49. The number of likely N-dealkylation sites (tertiary alicyclic amines) is 1. The van der Waals surface area contributed by atoms with Crippen LogP contribution in [0.1, 0.15) is 24.8 Å². The van der Waals surface area contributed by atoms with Crippen molar-refractivity contribution in [3.05, 3.63) is 42.2 Å². The zero-order valence-electron chi connectivity index (χ0n) is 14.3. The number of pyridine rings is 1. The number of hydrogen-bond acceptors (Lipinski definition) is 4. The molecule has 3 rings (SSSR count). The van der Waals surface area contributed by atoms with E-state index in [9.17, 15) is 4.79 Å². The largest absolute Gasteiger partial charge is 0.382 e. The van der Waals surface area contributed by atoms with E-state index in [2.05, 4.69) is 22.0 Å². The van der Waals surface area contributed by atoms with E-state index in [1.54, 1.807) is 19.5 Å². The summed E-state index contributed by atoms with van der Waals surface area (Å²) in [5, 5.41) is 0. The van der Waals surface area contributed by atoms with Crippen molar-refractivity contribution in [2.24, 2.45) is 5.92 Å². The highest BCUT2D eigenvalue weighted by Gasteiger charge is 2.39. The van der Waals surface area contributed by atoms with Gasteiger partial charge >= 0.3 is 0 Å². The number of aromatic nitrogens is 1. The quantitative estimate of drug-likeness (QED) is 0.568. The first-order valence-electron chi connectivity index (χ1n) is 8.74. The molecule has 1 aliphatic carbocycles. The third kappa shape index (κ3) is 4.02. The SMILES string of the molecule is COCCO[C@H]1CCN(C(=O)C2CC=CC2)[C@H]1Cc1ccncc1. The second kappa shape index (κ2) is 8.40. The summed E-state index contributed by atoms with van der Waals surface area (Å²) in [6, 6.07) is 4.13. The van der Waals surface area contributed by atoms with Gasteiger partial charge in [0.05, 0.1) is 25.4 Å². The molecule has 2 heterocycles. The van der Waals surface area contributed by atoms with Crippen LogP contribution in [0.2, 0.25) is 0 Å². The molecule has 5 nitrogen and oxygen atoms in total. The number of nitrogens with zero attached hydrogens (tertiary/aromatic N) is 2. The predicted octanol–water partition coefficient (Wildman–Crippen LogP) is 2.22. The summed E-state index contributed by atoms with van der Waals surface area (Å²) in [5.41, 5.74) is 1.19. The maximum atomic E-state index is 12.9. The molecule has 130 valence electrons. The molecule has 2 atom stereocenters. The van der Waals surface area contributed by atoms with E-state index in [0.717, 1.165) is 32.2 Å². The number of methoxy groups -OCH3 is 1. The summed E-state index contributed by atoms with van der Waals surface area (Å²) in [6.07, 6.45) is 11.4. The Bertz CT molecular complexity index is 553. The van der Waals surface area contributed by atoms with Gasteiger partial charge in [0.15, 0.2) is 0 Å². The standard InChI is InChI=1S/C19H26N2O3/c1-23-12-13-24-18-8-11-21(19(22)16-4-2-3-5-16)17(18)14-15-6-9-20-10-7-15/h2-3,6-7,9-10,16-18H,4-5,8,11-14H2,1H3/t17-,18-/m0/s1. The van der Waals surface area contributed by atoms with E-state index in [0.29, 0.717) is 13.2 Å². The van der Waals surface area contributed by atoms with Crippen LogP contribution in [-0.4, -0.2) is 54.8 Å². The lowest BCUT2D eigenvalue weighted by atomic mass is 10.0. The molecule has 5 heteroatoms. The highest BCUT2D eigenvalue weighted by atomic mass is 16.5. The average Bonchev–Trinajstić information content (AvgIpc) is 3.26. The molecule has 0 bridgehead atoms. The van der Waals surface area contributed by atoms with Crippen molar-refractivity contribution in [2.45, 2.75) is 37.8 Å². The molecule has 0 saturated carbocycles. The van der Waals surface area contributed by atoms with Gasteiger partial charge in [0, 0.05) is 32.0 Å². The van der Waals surface area contributed by atoms with E-state index in [1.165, 1.54) is 5.56 Å². The van der Waals surface area contributed by atoms with Gasteiger partial charge in [-0.05, 0) is 43.4 Å². The third-order valence-electron chi connectivity index (χ3n) is 4.94. The Morgan fingerprint density at radius 3 is 2.71 bits per heavy atom. The van der Waals surface area contributed by atoms with Gasteiger partial charge in [0.2, 0.25) is 5.91 Å². The molecule has 1 saturated heterocycles. The molecule has 1 amide bonds. The first-order chi connectivity index (χ1) is 11.8. The normalized spacial score (nSPS) is 24.0. The smallest absolute Gasteiger partial charge is 0.226 e. The lowest BCUT2D eigenvalue weighted by molar-refractivity contribution is -0.137. The number of hydrogen-bond donors (Lipinski definition) is 0. The molecule has 1 fully saturated rings. The van der Waals surface area contributed by atoms with Crippen molar-refractivity contribution in [2.75, 3.05) is 26.9 Å². The molecule has 2 aliphatic rings. The first kappa shape index (κ1) is 17.1. The van der Waals surface area contributed by atoms with Gasteiger partial charge in [-0.15, -0.1) is 0 Å². The molecular formula is C19H26N2O3. The van der Waals surface area contributed by atoms with Crippen LogP contribution in [0.25, 0.3) is 0 Å². The predicted molar refractivity (Wildman–Crippen MR) is 91.5 cm³/mol. The van der Waals surface area contributed by atoms with Gasteiger partial charge in [-0.1, -0.05) is 12.2 Å². The van der Waals surface area contributed by atoms with Crippen molar-refractivity contribution >= 4 is 5.91 Å². The van der Waals surface area contributed by atoms with Crippen LogP contribution in [-0.2, 0) is 20.7 Å². The van der Waals surface area contributed by atoms with Crippen LogP contribution >= 0.6 is 0 Å². The number of carbonyl (C=O) groups is 1. The molecular weight excluding hydrogens is 304 g/mol. The minimum atomic E-state index is 0.0756. The van der Waals surface area contributed by atoms with Crippen molar-refractivity contribution in [1.29, 1.82) is 0 Å². The fraction of sp³-hybridized carbons (Fsp3) is 0.579. The summed E-state index contributed by atoms with van der Waals surface area (Å²) in [4.78, 5) is 19.0. The van der Waals surface area contributed by atoms with Crippen LogP contribution in [0.4, 0.5) is 0 Å². The Morgan fingerprint density at radius 1 is 1.25 bits per heavy atom. The van der Waals surface area contributed by atoms with Crippen LogP contribution in [0.3, 0.4) is 0 Å². The molecule has 0 radical (unpaired) electrons. The molecule has 24 heavy (non-hydrogen) atoms. The van der Waals surface area contributed by atoms with Crippen LogP contribution in [0.5, 0.6) is 0 Å². The second-order valence-electron chi connectivity index (χ2n) is 6.49. The van der Waals surface area contributed by atoms with E-state index < -0.39 is 0 Å². The molecule has 0 spiro atoms. The number of ether oxygens (including phenoxy) is 2. The van der Waals surface area contributed by atoms with E-state index in [4.69, 9.17) is 9.47 Å². The average molecular weight is 330 g/mol. The molecule has 1 aromatic rings. The number of rotatable bonds is 7. The van der Waals surface area contributed by atoms with Crippen molar-refractivity contribution in [3.8, 4) is 0 Å². The molecule has 0 unspecified atom stereocenters. The van der Waals surface area contributed by atoms with Crippen LogP contribution in [0.15, 0.2) is 36.7 Å². The van der Waals surface area contributed by atoms with Crippen LogP contribution in [0, 0.1) is 5.92 Å². The summed E-state index contributed by atoms with van der Waals surface area (Å²) in [6.45, 7) is 1.93. The lowest BCUT2D eigenvalue weighted by Gasteiger charge is -2.30. The van der Waals surface area contributed by atoms with Crippen molar-refractivity contribution in [3.63, 3.8) is 0 Å². The Kier molecular flexibility index (Phi) is 5.99. The highest BCUT2D eigenvalue weighted by Crippen LogP contribution is 2.29. The third-order valence-corrected chi connectivity index (χ3v) is 4.94. The van der Waals surface area contributed by atoms with Gasteiger partial charge in [0.1, 0.15) is 0 Å². The fourth-order valence-electron chi connectivity index (χ4n) is 3.63. The zero-order valence-corrected chi connectivity index (χ0v) is 14.3. The number of allylic oxidation sites excluding steroid dienone is 2. The van der Waals surface area contributed by atoms with Crippen molar-refractivity contribution in [1.82, 2.24) is 9.88 Å². The lowest BCUT2D eigenvalue weighted by Crippen LogP contribution is -2.44. The van der Waals surface area contributed by atoms with Gasteiger partial charge in [-0.3, -0.25) is 9.78 Å². The van der Waals surface area contributed by atoms with E-state index in [-0.39, 0.29) is 24.0 Å². The molecule has 0 aromatic carbocycles. The maximum Gasteiger partial charge on any atom is 0.226 e. The minimum Gasteiger partial charge on any atom is -0.382 e. The van der Waals surface area contributed by atoms with Crippen molar-refractivity contribution < 1.29 is 14.3 Å². The Hall–Kier alpha value is -1.72. The molecule has 0 N–H and O–H groups in total. The Balaban J connectivity index is 1.70. The Labute approximate surface area is 143 Å². The monoisotopic (exact) mass is 330 g/mol. The van der Waals surface area contributed by atoms with E-state index in [1.807, 2.05) is 12.1 Å². The van der Waals surface area contributed by atoms with Gasteiger partial charge in [-0.25, -0.2) is 0 Å². The van der Waals surface area contributed by atoms with Gasteiger partial charge in [-0.2, -0.15) is 0 Å². The molecule has 1 aromatic heterocycles. The van der Waals surface area contributed by atoms with Crippen LogP contribution < -0.4 is 0 Å².